The van der Waals surface area contributed by atoms with Gasteiger partial charge in [-0.15, -0.1) is 0 Å². The molecule has 2 aromatic rings. The zero-order chi connectivity index (χ0) is 14.4. The van der Waals surface area contributed by atoms with Crippen molar-refractivity contribution in [2.75, 3.05) is 11.9 Å². The standard InChI is InChI=1S/C15H20N4O/c1-4-5-17-15-7-14(18-10-19-15)12-6-13(9-16-8-12)20-11(2)3/h6-11H,4-5H2,1-3H3,(H,17,18,19). The molecule has 1 N–H and O–H groups in total. The Morgan fingerprint density at radius 1 is 1.20 bits per heavy atom. The minimum Gasteiger partial charge on any atom is -0.489 e. The third kappa shape index (κ3) is 3.91. The van der Waals surface area contributed by atoms with Crippen LogP contribution in [0.25, 0.3) is 11.3 Å². The van der Waals surface area contributed by atoms with E-state index in [2.05, 4.69) is 27.2 Å². The van der Waals surface area contributed by atoms with Crippen LogP contribution in [0, 0.1) is 0 Å². The Morgan fingerprint density at radius 2 is 2.05 bits per heavy atom. The molecule has 0 aliphatic rings. The van der Waals surface area contributed by atoms with Gasteiger partial charge in [-0.25, -0.2) is 9.97 Å². The molecule has 2 aromatic heterocycles. The highest BCUT2D eigenvalue weighted by molar-refractivity contribution is 5.62. The summed E-state index contributed by atoms with van der Waals surface area (Å²) in [7, 11) is 0. The van der Waals surface area contributed by atoms with Gasteiger partial charge in [0.25, 0.3) is 0 Å². The van der Waals surface area contributed by atoms with Crippen molar-refractivity contribution >= 4 is 5.82 Å². The third-order valence-corrected chi connectivity index (χ3v) is 2.60. The van der Waals surface area contributed by atoms with E-state index in [1.807, 2.05) is 26.0 Å². The van der Waals surface area contributed by atoms with Crippen molar-refractivity contribution in [3.8, 4) is 17.0 Å². The van der Waals surface area contributed by atoms with Crippen molar-refractivity contribution < 1.29 is 4.74 Å². The molecule has 0 saturated heterocycles. The lowest BCUT2D eigenvalue weighted by atomic mass is 10.2. The van der Waals surface area contributed by atoms with Crippen LogP contribution >= 0.6 is 0 Å². The summed E-state index contributed by atoms with van der Waals surface area (Å²) in [6.07, 6.45) is 6.22. The normalized spacial score (nSPS) is 10.6. The molecule has 0 aliphatic carbocycles. The summed E-state index contributed by atoms with van der Waals surface area (Å²) in [5.41, 5.74) is 1.76. The van der Waals surface area contributed by atoms with E-state index < -0.39 is 0 Å². The van der Waals surface area contributed by atoms with E-state index in [1.54, 1.807) is 18.7 Å². The monoisotopic (exact) mass is 272 g/mol. The summed E-state index contributed by atoms with van der Waals surface area (Å²) in [5, 5.41) is 3.25. The number of nitrogens with one attached hydrogen (secondary N) is 1. The maximum absolute atomic E-state index is 5.65. The highest BCUT2D eigenvalue weighted by Gasteiger charge is 2.05. The Labute approximate surface area is 119 Å². The van der Waals surface area contributed by atoms with Gasteiger partial charge in [0.05, 0.1) is 18.0 Å². The van der Waals surface area contributed by atoms with E-state index in [-0.39, 0.29) is 6.10 Å². The van der Waals surface area contributed by atoms with Gasteiger partial charge >= 0.3 is 0 Å². The molecule has 0 spiro atoms. The predicted molar refractivity (Wildman–Crippen MR) is 79.8 cm³/mol. The first kappa shape index (κ1) is 14.2. The SMILES string of the molecule is CCCNc1cc(-c2cncc(OC(C)C)c2)ncn1. The highest BCUT2D eigenvalue weighted by Crippen LogP contribution is 2.22. The summed E-state index contributed by atoms with van der Waals surface area (Å²) in [6, 6.07) is 3.87. The quantitative estimate of drug-likeness (QED) is 0.875. The maximum Gasteiger partial charge on any atom is 0.138 e. The minimum atomic E-state index is 0.124. The van der Waals surface area contributed by atoms with Crippen molar-refractivity contribution in [2.45, 2.75) is 33.3 Å². The first-order valence-corrected chi connectivity index (χ1v) is 6.87. The molecule has 0 bridgehead atoms. The molecule has 106 valence electrons. The van der Waals surface area contributed by atoms with E-state index in [0.717, 1.165) is 35.8 Å². The average molecular weight is 272 g/mol. The molecule has 5 heteroatoms. The van der Waals surface area contributed by atoms with E-state index in [4.69, 9.17) is 4.74 Å². The topological polar surface area (TPSA) is 59.9 Å². The molecule has 2 heterocycles. The van der Waals surface area contributed by atoms with E-state index in [9.17, 15) is 0 Å². The predicted octanol–water partition coefficient (Wildman–Crippen LogP) is 3.15. The van der Waals surface area contributed by atoms with Gasteiger partial charge in [0, 0.05) is 24.4 Å². The summed E-state index contributed by atoms with van der Waals surface area (Å²) < 4.78 is 5.65. The second-order valence-electron chi connectivity index (χ2n) is 4.79. The number of nitrogens with zero attached hydrogens (tertiary/aromatic N) is 3. The van der Waals surface area contributed by atoms with Crippen LogP contribution in [0.15, 0.2) is 30.9 Å². The van der Waals surface area contributed by atoms with E-state index in [1.165, 1.54) is 0 Å². The molecule has 0 aliphatic heterocycles. The Bertz CT molecular complexity index is 557. The number of hydrogen-bond acceptors (Lipinski definition) is 5. The van der Waals surface area contributed by atoms with Gasteiger partial charge in [0.15, 0.2) is 0 Å². The van der Waals surface area contributed by atoms with Gasteiger partial charge in [-0.2, -0.15) is 0 Å². The van der Waals surface area contributed by atoms with Crippen LogP contribution in [0.2, 0.25) is 0 Å². The fourth-order valence-corrected chi connectivity index (χ4v) is 1.76. The molecule has 0 atom stereocenters. The second kappa shape index (κ2) is 6.84. The number of anilines is 1. The Morgan fingerprint density at radius 3 is 2.80 bits per heavy atom. The summed E-state index contributed by atoms with van der Waals surface area (Å²) in [5.74, 6) is 1.58. The molecule has 5 nitrogen and oxygen atoms in total. The van der Waals surface area contributed by atoms with Crippen molar-refractivity contribution in [3.05, 3.63) is 30.9 Å². The van der Waals surface area contributed by atoms with Crippen LogP contribution in [0.3, 0.4) is 0 Å². The Hall–Kier alpha value is -2.17. The minimum absolute atomic E-state index is 0.124. The zero-order valence-corrected chi connectivity index (χ0v) is 12.1. The number of rotatable bonds is 6. The van der Waals surface area contributed by atoms with E-state index in [0.29, 0.717) is 0 Å². The lowest BCUT2D eigenvalue weighted by Crippen LogP contribution is -2.06. The van der Waals surface area contributed by atoms with Crippen LogP contribution in [-0.2, 0) is 0 Å². The zero-order valence-electron chi connectivity index (χ0n) is 12.1. The molecule has 0 saturated carbocycles. The number of hydrogen-bond donors (Lipinski definition) is 1. The summed E-state index contributed by atoms with van der Waals surface area (Å²) in [6.45, 7) is 6.99. The van der Waals surface area contributed by atoms with Gasteiger partial charge in [-0.05, 0) is 26.3 Å². The van der Waals surface area contributed by atoms with Crippen LogP contribution in [0.5, 0.6) is 5.75 Å². The van der Waals surface area contributed by atoms with Gasteiger partial charge in [0.2, 0.25) is 0 Å². The highest BCUT2D eigenvalue weighted by atomic mass is 16.5. The molecule has 0 fully saturated rings. The molecular formula is C15H20N4O. The molecule has 0 aromatic carbocycles. The maximum atomic E-state index is 5.65. The fourth-order valence-electron chi connectivity index (χ4n) is 1.76. The largest absolute Gasteiger partial charge is 0.489 e. The van der Waals surface area contributed by atoms with Gasteiger partial charge < -0.3 is 10.1 Å². The van der Waals surface area contributed by atoms with Gasteiger partial charge in [-0.1, -0.05) is 6.92 Å². The third-order valence-electron chi connectivity index (χ3n) is 2.60. The number of aromatic nitrogens is 3. The molecular weight excluding hydrogens is 252 g/mol. The summed E-state index contributed by atoms with van der Waals surface area (Å²) in [4.78, 5) is 12.7. The van der Waals surface area contributed by atoms with Crippen molar-refractivity contribution in [1.29, 1.82) is 0 Å². The van der Waals surface area contributed by atoms with Gasteiger partial charge in [0.1, 0.15) is 17.9 Å². The van der Waals surface area contributed by atoms with E-state index >= 15 is 0 Å². The van der Waals surface area contributed by atoms with Crippen LogP contribution < -0.4 is 10.1 Å². The van der Waals surface area contributed by atoms with Crippen molar-refractivity contribution in [3.63, 3.8) is 0 Å². The molecule has 0 amide bonds. The number of ether oxygens (including phenoxy) is 1. The number of pyridine rings is 1. The smallest absolute Gasteiger partial charge is 0.138 e. The lowest BCUT2D eigenvalue weighted by Gasteiger charge is -2.10. The first-order valence-electron chi connectivity index (χ1n) is 6.87. The summed E-state index contributed by atoms with van der Waals surface area (Å²) >= 11 is 0. The Balaban J connectivity index is 2.22. The second-order valence-corrected chi connectivity index (χ2v) is 4.79. The van der Waals surface area contributed by atoms with Gasteiger partial charge in [-0.3, -0.25) is 4.98 Å². The molecule has 0 unspecified atom stereocenters. The first-order chi connectivity index (χ1) is 9.69. The fraction of sp³-hybridized carbons (Fsp3) is 0.400. The van der Waals surface area contributed by atoms with Crippen LogP contribution in [0.1, 0.15) is 27.2 Å². The van der Waals surface area contributed by atoms with Crippen molar-refractivity contribution in [1.82, 2.24) is 15.0 Å². The average Bonchev–Trinajstić information content (AvgIpc) is 2.45. The lowest BCUT2D eigenvalue weighted by molar-refractivity contribution is 0.241. The molecule has 0 radical (unpaired) electrons. The Kier molecular flexibility index (Phi) is 4.87. The molecule has 20 heavy (non-hydrogen) atoms. The van der Waals surface area contributed by atoms with Crippen LogP contribution in [0.4, 0.5) is 5.82 Å². The van der Waals surface area contributed by atoms with Crippen molar-refractivity contribution in [2.24, 2.45) is 0 Å². The molecule has 2 rings (SSSR count). The van der Waals surface area contributed by atoms with Crippen LogP contribution in [-0.4, -0.2) is 27.6 Å².